The Morgan fingerprint density at radius 2 is 2.10 bits per heavy atom. The van der Waals surface area contributed by atoms with Crippen LogP contribution in [0.15, 0.2) is 6.33 Å². The van der Waals surface area contributed by atoms with Crippen LogP contribution in [0.5, 0.6) is 0 Å². The molecule has 0 saturated carbocycles. The molecule has 0 amide bonds. The zero-order chi connectivity index (χ0) is 15.2. The highest BCUT2D eigenvalue weighted by atomic mass is 15.2. The fraction of sp³-hybridized carbons (Fsp3) is 0.643. The van der Waals surface area contributed by atoms with Crippen LogP contribution in [-0.4, -0.2) is 58.1 Å². The highest BCUT2D eigenvalue weighted by Crippen LogP contribution is 2.18. The van der Waals surface area contributed by atoms with Gasteiger partial charge in [0.2, 0.25) is 5.95 Å². The third-order valence-corrected chi connectivity index (χ3v) is 3.62. The number of hydrogen-bond acceptors (Lipinski definition) is 6. The van der Waals surface area contributed by atoms with E-state index in [0.29, 0.717) is 17.6 Å². The number of fused-ring (bicyclic) bond motifs is 1. The maximum absolute atomic E-state index is 4.44. The molecule has 7 nitrogen and oxygen atoms in total. The minimum atomic E-state index is 0.580. The predicted octanol–water partition coefficient (Wildman–Crippen LogP) is 1.93. The van der Waals surface area contributed by atoms with Gasteiger partial charge in [-0.25, -0.2) is 4.98 Å². The van der Waals surface area contributed by atoms with E-state index in [4.69, 9.17) is 0 Å². The summed E-state index contributed by atoms with van der Waals surface area (Å²) in [6, 6.07) is 0.600. The van der Waals surface area contributed by atoms with Crippen LogP contribution in [0, 0.1) is 0 Å². The molecule has 0 aliphatic carbocycles. The van der Waals surface area contributed by atoms with Crippen molar-refractivity contribution in [3.8, 4) is 0 Å². The van der Waals surface area contributed by atoms with E-state index in [0.717, 1.165) is 37.3 Å². The number of anilines is 2. The van der Waals surface area contributed by atoms with E-state index in [2.05, 4.69) is 56.4 Å². The van der Waals surface area contributed by atoms with Crippen molar-refractivity contribution >= 4 is 22.9 Å². The van der Waals surface area contributed by atoms with Gasteiger partial charge in [-0.3, -0.25) is 0 Å². The maximum Gasteiger partial charge on any atom is 0.226 e. The van der Waals surface area contributed by atoms with Gasteiger partial charge in [-0.2, -0.15) is 9.97 Å². The summed E-state index contributed by atoms with van der Waals surface area (Å²) in [4.78, 5) is 18.3. The van der Waals surface area contributed by atoms with Gasteiger partial charge < -0.3 is 20.5 Å². The van der Waals surface area contributed by atoms with Crippen molar-refractivity contribution in [2.24, 2.45) is 0 Å². The van der Waals surface area contributed by atoms with Crippen molar-refractivity contribution in [1.29, 1.82) is 0 Å². The van der Waals surface area contributed by atoms with Gasteiger partial charge in [0.25, 0.3) is 0 Å². The van der Waals surface area contributed by atoms with Gasteiger partial charge in [0.1, 0.15) is 5.52 Å². The normalized spacial score (nSPS) is 11.5. The molecule has 0 aliphatic rings. The van der Waals surface area contributed by atoms with Gasteiger partial charge >= 0.3 is 0 Å². The first kappa shape index (κ1) is 15.5. The van der Waals surface area contributed by atoms with E-state index in [1.54, 1.807) is 13.4 Å². The molecule has 116 valence electrons. The molecule has 21 heavy (non-hydrogen) atoms. The Kier molecular flexibility index (Phi) is 5.32. The second-order valence-corrected chi connectivity index (χ2v) is 5.46. The summed E-state index contributed by atoms with van der Waals surface area (Å²) < 4.78 is 0. The van der Waals surface area contributed by atoms with Gasteiger partial charge in [-0.1, -0.05) is 0 Å². The third kappa shape index (κ3) is 4.04. The summed E-state index contributed by atoms with van der Waals surface area (Å²) in [5.41, 5.74) is 1.53. The average Bonchev–Trinajstić information content (AvgIpc) is 2.94. The number of hydrogen-bond donors (Lipinski definition) is 3. The molecule has 7 heteroatoms. The lowest BCUT2D eigenvalue weighted by Crippen LogP contribution is -2.27. The molecule has 0 bridgehead atoms. The maximum atomic E-state index is 4.44. The van der Waals surface area contributed by atoms with Crippen molar-refractivity contribution in [2.75, 3.05) is 37.8 Å². The molecule has 2 rings (SSSR count). The number of aromatic amines is 1. The Hall–Kier alpha value is -1.89. The van der Waals surface area contributed by atoms with Gasteiger partial charge in [0.05, 0.1) is 6.33 Å². The zero-order valence-electron chi connectivity index (χ0n) is 13.3. The Balaban J connectivity index is 1.87. The first-order valence-electron chi connectivity index (χ1n) is 7.44. The molecule has 3 N–H and O–H groups in total. The Labute approximate surface area is 125 Å². The SMILES string of the molecule is CNc1nc(NCCCCN(C)C(C)C)c2[nH]cnc2n1. The van der Waals surface area contributed by atoms with Crippen LogP contribution in [0.4, 0.5) is 11.8 Å². The largest absolute Gasteiger partial charge is 0.368 e. The van der Waals surface area contributed by atoms with Gasteiger partial charge in [-0.15, -0.1) is 0 Å². The molecule has 2 heterocycles. The second kappa shape index (κ2) is 7.21. The Morgan fingerprint density at radius 1 is 1.29 bits per heavy atom. The molecule has 0 spiro atoms. The average molecular weight is 291 g/mol. The van der Waals surface area contributed by atoms with E-state index < -0.39 is 0 Å². The predicted molar refractivity (Wildman–Crippen MR) is 86.7 cm³/mol. The van der Waals surface area contributed by atoms with E-state index in [1.165, 1.54) is 0 Å². The lowest BCUT2D eigenvalue weighted by Gasteiger charge is -2.20. The van der Waals surface area contributed by atoms with Crippen LogP contribution in [0.1, 0.15) is 26.7 Å². The molecule has 0 fully saturated rings. The Bertz CT molecular complexity index is 563. The molecule has 0 aromatic carbocycles. The van der Waals surface area contributed by atoms with Gasteiger partial charge in [-0.05, 0) is 40.3 Å². The first-order valence-corrected chi connectivity index (χ1v) is 7.44. The number of nitrogens with one attached hydrogen (secondary N) is 3. The van der Waals surface area contributed by atoms with Crippen molar-refractivity contribution in [2.45, 2.75) is 32.7 Å². The Morgan fingerprint density at radius 3 is 2.81 bits per heavy atom. The summed E-state index contributed by atoms with van der Waals surface area (Å²) in [7, 11) is 3.97. The molecule has 0 atom stereocenters. The molecule has 0 radical (unpaired) electrons. The summed E-state index contributed by atoms with van der Waals surface area (Å²) in [6.07, 6.45) is 3.91. The lowest BCUT2D eigenvalue weighted by atomic mass is 10.2. The van der Waals surface area contributed by atoms with Crippen LogP contribution in [0.2, 0.25) is 0 Å². The van der Waals surface area contributed by atoms with Gasteiger partial charge in [0, 0.05) is 19.6 Å². The number of rotatable bonds is 8. The van der Waals surface area contributed by atoms with Crippen LogP contribution in [-0.2, 0) is 0 Å². The van der Waals surface area contributed by atoms with E-state index in [1.807, 2.05) is 0 Å². The molecule has 2 aromatic heterocycles. The highest BCUT2D eigenvalue weighted by Gasteiger charge is 2.08. The van der Waals surface area contributed by atoms with Gasteiger partial charge in [0.15, 0.2) is 11.5 Å². The summed E-state index contributed by atoms with van der Waals surface area (Å²) in [6.45, 7) is 6.44. The van der Waals surface area contributed by atoms with Crippen LogP contribution >= 0.6 is 0 Å². The number of nitrogens with zero attached hydrogens (tertiary/aromatic N) is 4. The fourth-order valence-corrected chi connectivity index (χ4v) is 2.02. The number of unbranched alkanes of at least 4 members (excludes halogenated alkanes) is 1. The van der Waals surface area contributed by atoms with E-state index in [-0.39, 0.29) is 0 Å². The summed E-state index contributed by atoms with van der Waals surface area (Å²) in [5.74, 6) is 1.38. The number of aromatic nitrogens is 4. The number of imidazole rings is 1. The minimum Gasteiger partial charge on any atom is -0.368 e. The van der Waals surface area contributed by atoms with E-state index in [9.17, 15) is 0 Å². The van der Waals surface area contributed by atoms with Crippen molar-refractivity contribution in [3.05, 3.63) is 6.33 Å². The molecule has 2 aromatic rings. The molecule has 0 unspecified atom stereocenters. The van der Waals surface area contributed by atoms with Crippen LogP contribution < -0.4 is 10.6 Å². The minimum absolute atomic E-state index is 0.580. The molecular formula is C14H25N7. The first-order chi connectivity index (χ1) is 10.1. The third-order valence-electron chi connectivity index (χ3n) is 3.62. The molecular weight excluding hydrogens is 266 g/mol. The van der Waals surface area contributed by atoms with Crippen molar-refractivity contribution in [1.82, 2.24) is 24.8 Å². The quantitative estimate of drug-likeness (QED) is 0.645. The zero-order valence-corrected chi connectivity index (χ0v) is 13.3. The molecule has 0 saturated heterocycles. The van der Waals surface area contributed by atoms with Crippen molar-refractivity contribution in [3.63, 3.8) is 0 Å². The summed E-state index contributed by atoms with van der Waals surface area (Å²) in [5, 5.41) is 6.33. The number of H-pyrrole nitrogens is 1. The second-order valence-electron chi connectivity index (χ2n) is 5.46. The van der Waals surface area contributed by atoms with E-state index >= 15 is 0 Å². The fourth-order valence-electron chi connectivity index (χ4n) is 2.02. The lowest BCUT2D eigenvalue weighted by molar-refractivity contribution is 0.269. The smallest absolute Gasteiger partial charge is 0.226 e. The standard InChI is InChI=1S/C14H25N7/c1-10(2)21(4)8-6-5-7-16-12-11-13(18-9-17-11)20-14(15-3)19-12/h9-10H,5-8H2,1-4H3,(H3,15,16,17,18,19,20). The van der Waals surface area contributed by atoms with Crippen LogP contribution in [0.25, 0.3) is 11.2 Å². The van der Waals surface area contributed by atoms with Crippen molar-refractivity contribution < 1.29 is 0 Å². The highest BCUT2D eigenvalue weighted by molar-refractivity contribution is 5.83. The molecule has 0 aliphatic heterocycles. The summed E-state index contributed by atoms with van der Waals surface area (Å²) >= 11 is 0. The van der Waals surface area contributed by atoms with Crippen LogP contribution in [0.3, 0.4) is 0 Å². The monoisotopic (exact) mass is 291 g/mol. The topological polar surface area (TPSA) is 81.8 Å².